The van der Waals surface area contributed by atoms with Crippen LogP contribution in [-0.2, 0) is 0 Å². The molecule has 0 aromatic rings. The summed E-state index contributed by atoms with van der Waals surface area (Å²) < 4.78 is 0. The fraction of sp³-hybridized carbons (Fsp3) is 1.00. The number of hydrogen-bond acceptors (Lipinski definition) is 2. The third-order valence-electron chi connectivity index (χ3n) is 3.24. The van der Waals surface area contributed by atoms with Gasteiger partial charge >= 0.3 is 0 Å². The third kappa shape index (κ3) is 1.64. The summed E-state index contributed by atoms with van der Waals surface area (Å²) in [5.41, 5.74) is -0.827. The molecular weight excluding hydrogens is 152 g/mol. The van der Waals surface area contributed by atoms with Gasteiger partial charge in [-0.05, 0) is 31.1 Å². The molecule has 1 saturated carbocycles. The van der Waals surface area contributed by atoms with Crippen molar-refractivity contribution in [2.45, 2.75) is 51.7 Å². The molecule has 1 rings (SSSR count). The van der Waals surface area contributed by atoms with Gasteiger partial charge < -0.3 is 10.2 Å². The van der Waals surface area contributed by atoms with Crippen molar-refractivity contribution in [3.63, 3.8) is 0 Å². The summed E-state index contributed by atoms with van der Waals surface area (Å²) in [6.07, 6.45) is 1.99. The van der Waals surface area contributed by atoms with Gasteiger partial charge in [0, 0.05) is 0 Å². The molecule has 0 radical (unpaired) electrons. The molecule has 0 unspecified atom stereocenters. The molecule has 0 saturated heterocycles. The van der Waals surface area contributed by atoms with Crippen LogP contribution in [0.3, 0.4) is 0 Å². The molecule has 0 aromatic heterocycles. The Morgan fingerprint density at radius 1 is 1.42 bits per heavy atom. The summed E-state index contributed by atoms with van der Waals surface area (Å²) in [6, 6.07) is 0. The van der Waals surface area contributed by atoms with E-state index < -0.39 is 11.7 Å². The fourth-order valence-corrected chi connectivity index (χ4v) is 2.02. The summed E-state index contributed by atoms with van der Waals surface area (Å²) in [5, 5.41) is 19.8. The summed E-state index contributed by atoms with van der Waals surface area (Å²) in [4.78, 5) is 0. The van der Waals surface area contributed by atoms with Crippen molar-refractivity contribution in [1.29, 1.82) is 0 Å². The van der Waals surface area contributed by atoms with Gasteiger partial charge in [-0.15, -0.1) is 0 Å². The molecule has 0 spiro atoms. The van der Waals surface area contributed by atoms with Crippen LogP contribution < -0.4 is 0 Å². The van der Waals surface area contributed by atoms with Crippen LogP contribution in [0.2, 0.25) is 0 Å². The van der Waals surface area contributed by atoms with Crippen LogP contribution >= 0.6 is 0 Å². The van der Waals surface area contributed by atoms with Crippen LogP contribution in [-0.4, -0.2) is 21.9 Å². The topological polar surface area (TPSA) is 40.5 Å². The lowest BCUT2D eigenvalue weighted by Crippen LogP contribution is -2.50. The number of hydrogen-bond donors (Lipinski definition) is 2. The van der Waals surface area contributed by atoms with Crippen LogP contribution in [0.1, 0.15) is 40.0 Å². The Balaban J connectivity index is 2.66. The first kappa shape index (κ1) is 10.0. The van der Waals surface area contributed by atoms with Crippen LogP contribution in [0, 0.1) is 11.8 Å². The van der Waals surface area contributed by atoms with E-state index in [4.69, 9.17) is 0 Å². The van der Waals surface area contributed by atoms with Gasteiger partial charge in [-0.25, -0.2) is 0 Å². The van der Waals surface area contributed by atoms with Gasteiger partial charge in [0.2, 0.25) is 0 Å². The van der Waals surface area contributed by atoms with Crippen molar-refractivity contribution in [1.82, 2.24) is 0 Å². The monoisotopic (exact) mass is 172 g/mol. The molecule has 2 N–H and O–H groups in total. The predicted molar refractivity (Wildman–Crippen MR) is 48.8 cm³/mol. The lowest BCUT2D eigenvalue weighted by Gasteiger charge is -2.42. The molecule has 2 nitrogen and oxygen atoms in total. The van der Waals surface area contributed by atoms with Crippen LogP contribution in [0.25, 0.3) is 0 Å². The third-order valence-corrected chi connectivity index (χ3v) is 3.24. The van der Waals surface area contributed by atoms with Gasteiger partial charge in [-0.1, -0.05) is 20.8 Å². The first-order valence-corrected chi connectivity index (χ1v) is 4.87. The largest absolute Gasteiger partial charge is 0.390 e. The predicted octanol–water partition coefficient (Wildman–Crippen LogP) is 1.55. The van der Waals surface area contributed by atoms with Crippen molar-refractivity contribution >= 4 is 0 Å². The molecule has 0 heterocycles. The highest BCUT2D eigenvalue weighted by atomic mass is 16.3. The molecule has 0 aromatic carbocycles. The Morgan fingerprint density at radius 3 is 2.42 bits per heavy atom. The van der Waals surface area contributed by atoms with Crippen LogP contribution in [0.15, 0.2) is 0 Å². The Hall–Kier alpha value is -0.0800. The number of rotatable bonds is 1. The quantitative estimate of drug-likeness (QED) is 0.630. The minimum atomic E-state index is -0.827. The fourth-order valence-electron chi connectivity index (χ4n) is 2.02. The zero-order valence-electron chi connectivity index (χ0n) is 8.25. The molecular formula is C10H20O2. The highest BCUT2D eigenvalue weighted by molar-refractivity contribution is 4.93. The summed E-state index contributed by atoms with van der Waals surface area (Å²) in [5.74, 6) is 0.707. The van der Waals surface area contributed by atoms with Gasteiger partial charge in [0.15, 0.2) is 0 Å². The van der Waals surface area contributed by atoms with Gasteiger partial charge in [0.25, 0.3) is 0 Å². The van der Waals surface area contributed by atoms with Crippen molar-refractivity contribution in [3.05, 3.63) is 0 Å². The molecule has 0 aliphatic heterocycles. The highest BCUT2D eigenvalue weighted by Gasteiger charge is 2.42. The number of aliphatic hydroxyl groups excluding tert-OH is 1. The van der Waals surface area contributed by atoms with Gasteiger partial charge in [0.05, 0.1) is 11.7 Å². The van der Waals surface area contributed by atoms with E-state index in [9.17, 15) is 10.2 Å². The Labute approximate surface area is 74.6 Å². The summed E-state index contributed by atoms with van der Waals surface area (Å²) in [6.45, 7) is 6.07. The molecule has 3 atom stereocenters. The average molecular weight is 172 g/mol. The first-order chi connectivity index (χ1) is 5.47. The highest BCUT2D eigenvalue weighted by Crippen LogP contribution is 2.36. The summed E-state index contributed by atoms with van der Waals surface area (Å²) >= 11 is 0. The Kier molecular flexibility index (Phi) is 2.79. The maximum Gasteiger partial charge on any atom is 0.0928 e. The molecule has 1 aliphatic rings. The average Bonchev–Trinajstić information content (AvgIpc) is 1.97. The van der Waals surface area contributed by atoms with E-state index in [1.807, 2.05) is 13.8 Å². The van der Waals surface area contributed by atoms with E-state index in [1.165, 1.54) is 0 Å². The van der Waals surface area contributed by atoms with Crippen molar-refractivity contribution < 1.29 is 10.2 Å². The van der Waals surface area contributed by atoms with Gasteiger partial charge in [0.1, 0.15) is 0 Å². The number of aliphatic hydroxyl groups is 2. The molecule has 0 bridgehead atoms. The van der Waals surface area contributed by atoms with E-state index in [2.05, 4.69) is 6.92 Å². The SMILES string of the molecule is CC(C)[C@]1(O)CC[C@@H](C)C[C@@H]1O. The maximum atomic E-state index is 10.1. The second-order valence-electron chi connectivity index (χ2n) is 4.54. The van der Waals surface area contributed by atoms with E-state index in [0.717, 1.165) is 19.3 Å². The zero-order chi connectivity index (χ0) is 9.35. The van der Waals surface area contributed by atoms with Crippen molar-refractivity contribution in [2.75, 3.05) is 0 Å². The Morgan fingerprint density at radius 2 is 2.00 bits per heavy atom. The smallest absolute Gasteiger partial charge is 0.0928 e. The minimum Gasteiger partial charge on any atom is -0.390 e. The van der Waals surface area contributed by atoms with Crippen molar-refractivity contribution in [2.24, 2.45) is 11.8 Å². The maximum absolute atomic E-state index is 10.1. The van der Waals surface area contributed by atoms with E-state index in [-0.39, 0.29) is 5.92 Å². The van der Waals surface area contributed by atoms with E-state index >= 15 is 0 Å². The summed E-state index contributed by atoms with van der Waals surface area (Å²) in [7, 11) is 0. The van der Waals surface area contributed by atoms with E-state index in [0.29, 0.717) is 5.92 Å². The lowest BCUT2D eigenvalue weighted by atomic mass is 9.72. The molecule has 12 heavy (non-hydrogen) atoms. The standard InChI is InChI=1S/C10H20O2/c1-7(2)10(12)5-4-8(3)6-9(10)11/h7-9,11-12H,4-6H2,1-3H3/t8-,9+,10-/m1/s1. The first-order valence-electron chi connectivity index (χ1n) is 4.87. The van der Waals surface area contributed by atoms with E-state index in [1.54, 1.807) is 0 Å². The van der Waals surface area contributed by atoms with Crippen LogP contribution in [0.5, 0.6) is 0 Å². The normalized spacial score (nSPS) is 43.5. The second kappa shape index (κ2) is 3.35. The molecule has 1 fully saturated rings. The Bertz CT molecular complexity index is 156. The zero-order valence-corrected chi connectivity index (χ0v) is 8.25. The van der Waals surface area contributed by atoms with Crippen molar-refractivity contribution in [3.8, 4) is 0 Å². The lowest BCUT2D eigenvalue weighted by molar-refractivity contribution is -0.136. The molecule has 2 heteroatoms. The van der Waals surface area contributed by atoms with Crippen LogP contribution in [0.4, 0.5) is 0 Å². The van der Waals surface area contributed by atoms with Gasteiger partial charge in [-0.2, -0.15) is 0 Å². The molecule has 0 amide bonds. The molecule has 72 valence electrons. The van der Waals surface area contributed by atoms with Gasteiger partial charge in [-0.3, -0.25) is 0 Å². The second-order valence-corrected chi connectivity index (χ2v) is 4.54. The minimum absolute atomic E-state index is 0.153. The molecule has 1 aliphatic carbocycles.